The van der Waals surface area contributed by atoms with Crippen LogP contribution in [-0.4, -0.2) is 6.54 Å². The monoisotopic (exact) mass is 124 g/mol. The molecule has 0 saturated heterocycles. The summed E-state index contributed by atoms with van der Waals surface area (Å²) in [6.45, 7) is 7.57. The molecule has 9 heavy (non-hydrogen) atoms. The topological polar surface area (TPSA) is 52.0 Å². The lowest BCUT2D eigenvalue weighted by molar-refractivity contribution is 1.19. The number of hydrogen-bond acceptors (Lipinski definition) is 2. The first-order chi connectivity index (χ1) is 4.16. The molecule has 0 fully saturated rings. The van der Waals surface area contributed by atoms with Gasteiger partial charge in [0, 0.05) is 12.2 Å². The Balaban J connectivity index is 3.71. The van der Waals surface area contributed by atoms with E-state index in [1.165, 1.54) is 0 Å². The molecular weight excluding hydrogens is 112 g/mol. The van der Waals surface area contributed by atoms with E-state index >= 15 is 0 Å². The standard InChI is InChI=1S/C7H12N2/c1-6(5-8)3-4-7(2)9/h3-4H,1-2,5,8-9H2/b4-3-. The molecule has 0 aromatic heterocycles. The average Bonchev–Trinajstić information content (AvgIpc) is 1.83. The fourth-order valence-electron chi connectivity index (χ4n) is 0.293. The van der Waals surface area contributed by atoms with Gasteiger partial charge in [0.25, 0.3) is 0 Å². The number of hydrogen-bond donors (Lipinski definition) is 2. The summed E-state index contributed by atoms with van der Waals surface area (Å²) in [6.07, 6.45) is 3.43. The molecule has 2 heteroatoms. The van der Waals surface area contributed by atoms with Crippen LogP contribution in [0.3, 0.4) is 0 Å². The van der Waals surface area contributed by atoms with Crippen LogP contribution in [0.15, 0.2) is 36.6 Å². The Bertz CT molecular complexity index is 145. The third-order valence-electron chi connectivity index (χ3n) is 0.795. The van der Waals surface area contributed by atoms with Crippen LogP contribution in [0.5, 0.6) is 0 Å². The second kappa shape index (κ2) is 3.92. The number of allylic oxidation sites excluding steroid dienone is 1. The lowest BCUT2D eigenvalue weighted by Gasteiger charge is -1.90. The molecule has 0 aliphatic carbocycles. The van der Waals surface area contributed by atoms with Gasteiger partial charge in [0.15, 0.2) is 0 Å². The van der Waals surface area contributed by atoms with E-state index in [9.17, 15) is 0 Å². The van der Waals surface area contributed by atoms with Gasteiger partial charge >= 0.3 is 0 Å². The van der Waals surface area contributed by atoms with Crippen LogP contribution in [0.25, 0.3) is 0 Å². The lowest BCUT2D eigenvalue weighted by Crippen LogP contribution is -1.99. The second-order valence-corrected chi connectivity index (χ2v) is 1.77. The molecule has 0 rings (SSSR count). The molecule has 0 aliphatic rings. The zero-order chi connectivity index (χ0) is 7.28. The van der Waals surface area contributed by atoms with E-state index in [1.807, 2.05) is 0 Å². The van der Waals surface area contributed by atoms with E-state index in [4.69, 9.17) is 11.5 Å². The van der Waals surface area contributed by atoms with Crippen LogP contribution in [-0.2, 0) is 0 Å². The van der Waals surface area contributed by atoms with Gasteiger partial charge in [-0.25, -0.2) is 0 Å². The minimum absolute atomic E-state index is 0.462. The molecule has 0 radical (unpaired) electrons. The maximum absolute atomic E-state index is 5.24. The molecule has 0 amide bonds. The van der Waals surface area contributed by atoms with Gasteiger partial charge in [-0.15, -0.1) is 0 Å². The van der Waals surface area contributed by atoms with Crippen molar-refractivity contribution in [1.82, 2.24) is 0 Å². The maximum atomic E-state index is 5.24. The second-order valence-electron chi connectivity index (χ2n) is 1.77. The highest BCUT2D eigenvalue weighted by Gasteiger charge is 1.79. The van der Waals surface area contributed by atoms with Crippen molar-refractivity contribution in [2.75, 3.05) is 6.54 Å². The Morgan fingerprint density at radius 1 is 1.33 bits per heavy atom. The Morgan fingerprint density at radius 3 is 2.22 bits per heavy atom. The van der Waals surface area contributed by atoms with Crippen molar-refractivity contribution in [3.05, 3.63) is 36.6 Å². The highest BCUT2D eigenvalue weighted by molar-refractivity contribution is 5.22. The molecule has 0 saturated carbocycles. The summed E-state index contributed by atoms with van der Waals surface area (Å²) in [4.78, 5) is 0. The minimum Gasteiger partial charge on any atom is -0.399 e. The molecule has 0 unspecified atom stereocenters. The largest absolute Gasteiger partial charge is 0.399 e. The molecule has 0 bridgehead atoms. The molecule has 2 nitrogen and oxygen atoms in total. The van der Waals surface area contributed by atoms with E-state index in [0.29, 0.717) is 12.2 Å². The molecule has 0 aliphatic heterocycles. The van der Waals surface area contributed by atoms with Crippen molar-refractivity contribution < 1.29 is 0 Å². The van der Waals surface area contributed by atoms with Gasteiger partial charge < -0.3 is 11.5 Å². The zero-order valence-corrected chi connectivity index (χ0v) is 5.43. The van der Waals surface area contributed by atoms with E-state index in [1.54, 1.807) is 12.2 Å². The molecule has 0 atom stereocenters. The number of nitrogens with two attached hydrogens (primary N) is 2. The van der Waals surface area contributed by atoms with Crippen LogP contribution < -0.4 is 11.5 Å². The smallest absolute Gasteiger partial charge is 0.0241 e. The summed E-state index contributed by atoms with van der Waals surface area (Å²) in [5.74, 6) is 0. The predicted octanol–water partition coefficient (Wildman–Crippen LogP) is 0.530. The van der Waals surface area contributed by atoms with Gasteiger partial charge in [-0.3, -0.25) is 0 Å². The molecular formula is C7H12N2. The molecule has 0 aromatic rings. The summed E-state index contributed by atoms with van der Waals surface area (Å²) >= 11 is 0. The molecule has 4 N–H and O–H groups in total. The van der Waals surface area contributed by atoms with Crippen LogP contribution in [0.2, 0.25) is 0 Å². The van der Waals surface area contributed by atoms with E-state index in [2.05, 4.69) is 13.2 Å². The van der Waals surface area contributed by atoms with Crippen LogP contribution in [0.4, 0.5) is 0 Å². The summed E-state index contributed by atoms with van der Waals surface area (Å²) in [5, 5.41) is 0. The van der Waals surface area contributed by atoms with Crippen LogP contribution in [0, 0.1) is 0 Å². The highest BCUT2D eigenvalue weighted by atomic mass is 14.5. The van der Waals surface area contributed by atoms with Gasteiger partial charge in [-0.1, -0.05) is 19.2 Å². The summed E-state index contributed by atoms with van der Waals surface area (Å²) in [7, 11) is 0. The first-order valence-electron chi connectivity index (χ1n) is 2.67. The summed E-state index contributed by atoms with van der Waals surface area (Å²) in [5.41, 5.74) is 11.8. The minimum atomic E-state index is 0.462. The van der Waals surface area contributed by atoms with Gasteiger partial charge in [-0.2, -0.15) is 0 Å². The van der Waals surface area contributed by atoms with Gasteiger partial charge in [0.05, 0.1) is 0 Å². The van der Waals surface area contributed by atoms with Crippen molar-refractivity contribution in [2.45, 2.75) is 0 Å². The fourth-order valence-corrected chi connectivity index (χ4v) is 0.293. The van der Waals surface area contributed by atoms with E-state index in [0.717, 1.165) is 5.57 Å². The van der Waals surface area contributed by atoms with Gasteiger partial charge in [0.1, 0.15) is 0 Å². The van der Waals surface area contributed by atoms with Crippen LogP contribution >= 0.6 is 0 Å². The van der Waals surface area contributed by atoms with E-state index in [-0.39, 0.29) is 0 Å². The first-order valence-corrected chi connectivity index (χ1v) is 2.67. The normalized spacial score (nSPS) is 9.89. The summed E-state index contributed by atoms with van der Waals surface area (Å²) in [6, 6.07) is 0. The molecule has 50 valence electrons. The van der Waals surface area contributed by atoms with Crippen molar-refractivity contribution >= 4 is 0 Å². The maximum Gasteiger partial charge on any atom is 0.0241 e. The zero-order valence-electron chi connectivity index (χ0n) is 5.43. The third-order valence-corrected chi connectivity index (χ3v) is 0.795. The Hall–Kier alpha value is -1.02. The fraction of sp³-hybridized carbons (Fsp3) is 0.143. The van der Waals surface area contributed by atoms with Gasteiger partial charge in [0.2, 0.25) is 0 Å². The van der Waals surface area contributed by atoms with Gasteiger partial charge in [-0.05, 0) is 11.6 Å². The highest BCUT2D eigenvalue weighted by Crippen LogP contribution is 1.90. The van der Waals surface area contributed by atoms with E-state index < -0.39 is 0 Å². The molecule has 0 spiro atoms. The Kier molecular flexibility index (Phi) is 3.48. The number of rotatable bonds is 3. The quantitative estimate of drug-likeness (QED) is 0.539. The lowest BCUT2D eigenvalue weighted by atomic mass is 10.2. The first kappa shape index (κ1) is 7.98. The molecule has 0 heterocycles. The Labute approximate surface area is 55.5 Å². The van der Waals surface area contributed by atoms with Crippen molar-refractivity contribution in [1.29, 1.82) is 0 Å². The average molecular weight is 124 g/mol. The Morgan fingerprint density at radius 2 is 1.89 bits per heavy atom. The molecule has 0 aromatic carbocycles. The third kappa shape index (κ3) is 4.84. The van der Waals surface area contributed by atoms with Crippen LogP contribution in [0.1, 0.15) is 0 Å². The van der Waals surface area contributed by atoms with Crippen molar-refractivity contribution in [3.8, 4) is 0 Å². The van der Waals surface area contributed by atoms with Crippen molar-refractivity contribution in [2.24, 2.45) is 11.5 Å². The predicted molar refractivity (Wildman–Crippen MR) is 40.7 cm³/mol. The summed E-state index contributed by atoms with van der Waals surface area (Å²) < 4.78 is 0. The van der Waals surface area contributed by atoms with Crippen molar-refractivity contribution in [3.63, 3.8) is 0 Å². The SMILES string of the molecule is C=C(N)/C=C\C(=C)CN.